The molecular formula is C11H15F3N2O2S. The molecule has 0 unspecified atom stereocenters. The largest absolute Gasteiger partial charge is 0.406 e. The van der Waals surface area contributed by atoms with E-state index in [4.69, 9.17) is 4.74 Å². The normalized spacial score (nSPS) is 11.4. The number of hydrogen-bond donors (Lipinski definition) is 1. The molecule has 0 aromatic carbocycles. The minimum Gasteiger partial charge on any atom is -0.383 e. The monoisotopic (exact) mass is 296 g/mol. The van der Waals surface area contributed by atoms with Gasteiger partial charge < -0.3 is 15.0 Å². The van der Waals surface area contributed by atoms with Crippen molar-refractivity contribution in [3.63, 3.8) is 0 Å². The van der Waals surface area contributed by atoms with Gasteiger partial charge in [-0.25, -0.2) is 4.79 Å². The van der Waals surface area contributed by atoms with Gasteiger partial charge in [0.05, 0.1) is 6.61 Å². The Morgan fingerprint density at radius 3 is 2.79 bits per heavy atom. The second-order valence-corrected chi connectivity index (χ2v) is 4.61. The third-order valence-electron chi connectivity index (χ3n) is 2.19. The van der Waals surface area contributed by atoms with Gasteiger partial charge in [0, 0.05) is 20.2 Å². The van der Waals surface area contributed by atoms with Gasteiger partial charge in [-0.1, -0.05) is 0 Å². The van der Waals surface area contributed by atoms with Gasteiger partial charge in [0.15, 0.2) is 0 Å². The Morgan fingerprint density at radius 2 is 2.26 bits per heavy atom. The van der Waals surface area contributed by atoms with Gasteiger partial charge in [0.2, 0.25) is 0 Å². The van der Waals surface area contributed by atoms with E-state index in [0.717, 1.165) is 4.90 Å². The first kappa shape index (κ1) is 15.8. The molecule has 4 nitrogen and oxygen atoms in total. The Morgan fingerprint density at radius 1 is 1.53 bits per heavy atom. The molecule has 0 atom stereocenters. The van der Waals surface area contributed by atoms with Gasteiger partial charge in [0.25, 0.3) is 0 Å². The van der Waals surface area contributed by atoms with Gasteiger partial charge >= 0.3 is 12.2 Å². The summed E-state index contributed by atoms with van der Waals surface area (Å²) in [4.78, 5) is 12.4. The van der Waals surface area contributed by atoms with Gasteiger partial charge in [0.1, 0.15) is 6.54 Å². The summed E-state index contributed by atoms with van der Waals surface area (Å²) < 4.78 is 42.0. The van der Waals surface area contributed by atoms with Crippen molar-refractivity contribution in [1.29, 1.82) is 0 Å². The Kier molecular flexibility index (Phi) is 6.10. The highest BCUT2D eigenvalue weighted by atomic mass is 32.1. The summed E-state index contributed by atoms with van der Waals surface area (Å²) in [6.07, 6.45) is -4.42. The highest BCUT2D eigenvalue weighted by Gasteiger charge is 2.33. The van der Waals surface area contributed by atoms with Gasteiger partial charge in [-0.2, -0.15) is 24.5 Å². The van der Waals surface area contributed by atoms with E-state index in [1.165, 1.54) is 18.4 Å². The van der Waals surface area contributed by atoms with Crippen molar-refractivity contribution in [1.82, 2.24) is 10.2 Å². The fourth-order valence-corrected chi connectivity index (χ4v) is 2.05. The zero-order valence-electron chi connectivity index (χ0n) is 10.4. The van der Waals surface area contributed by atoms with E-state index in [9.17, 15) is 18.0 Å². The van der Waals surface area contributed by atoms with Crippen LogP contribution in [-0.2, 0) is 11.3 Å². The van der Waals surface area contributed by atoms with Crippen LogP contribution in [0.4, 0.5) is 18.0 Å². The number of carbonyl (C=O) groups is 1. The average Bonchev–Trinajstić information content (AvgIpc) is 2.79. The molecule has 0 fully saturated rings. The van der Waals surface area contributed by atoms with Crippen molar-refractivity contribution < 1.29 is 22.7 Å². The number of amides is 2. The van der Waals surface area contributed by atoms with E-state index in [1.807, 2.05) is 0 Å². The predicted octanol–water partition coefficient (Wildman–Crippen LogP) is 2.47. The number of urea groups is 1. The van der Waals surface area contributed by atoms with Crippen molar-refractivity contribution in [3.8, 4) is 0 Å². The Hall–Kier alpha value is -1.28. The highest BCUT2D eigenvalue weighted by molar-refractivity contribution is 7.07. The summed E-state index contributed by atoms with van der Waals surface area (Å²) in [7, 11) is 1.45. The molecule has 19 heavy (non-hydrogen) atoms. The molecule has 2 amide bonds. The van der Waals surface area contributed by atoms with Crippen molar-refractivity contribution in [2.45, 2.75) is 12.7 Å². The average molecular weight is 296 g/mol. The summed E-state index contributed by atoms with van der Waals surface area (Å²) >= 11 is 1.37. The topological polar surface area (TPSA) is 41.6 Å². The first-order valence-electron chi connectivity index (χ1n) is 5.52. The molecule has 0 radical (unpaired) electrons. The summed E-state index contributed by atoms with van der Waals surface area (Å²) in [5.74, 6) is 0. The summed E-state index contributed by atoms with van der Waals surface area (Å²) in [5, 5.41) is 5.85. The number of methoxy groups -OCH3 is 1. The molecule has 8 heteroatoms. The molecule has 1 aromatic heterocycles. The molecule has 0 bridgehead atoms. The molecule has 1 N–H and O–H groups in total. The Bertz CT molecular complexity index is 382. The minimum absolute atomic E-state index is 0.0676. The fraction of sp³-hybridized carbons (Fsp3) is 0.545. The standard InChI is InChI=1S/C11H15F3N2O2S/c1-18-4-3-15-10(17)16(8-11(12,13)14)6-9-2-5-19-7-9/h2,5,7H,3-4,6,8H2,1H3,(H,15,17). The van der Waals surface area contributed by atoms with E-state index in [0.29, 0.717) is 5.56 Å². The number of rotatable bonds is 6. The third kappa shape index (κ3) is 6.44. The van der Waals surface area contributed by atoms with Crippen LogP contribution in [0.5, 0.6) is 0 Å². The molecule has 0 aliphatic heterocycles. The summed E-state index contributed by atoms with van der Waals surface area (Å²) in [6, 6.07) is 0.941. The molecule has 0 saturated heterocycles. The number of alkyl halides is 3. The molecule has 108 valence electrons. The van der Waals surface area contributed by atoms with Crippen molar-refractivity contribution >= 4 is 17.4 Å². The smallest absolute Gasteiger partial charge is 0.383 e. The van der Waals surface area contributed by atoms with E-state index < -0.39 is 18.8 Å². The van der Waals surface area contributed by atoms with Crippen LogP contribution >= 0.6 is 11.3 Å². The maximum atomic E-state index is 12.4. The van der Waals surface area contributed by atoms with Crippen molar-refractivity contribution in [2.24, 2.45) is 0 Å². The lowest BCUT2D eigenvalue weighted by Gasteiger charge is -2.23. The Balaban J connectivity index is 2.60. The molecule has 1 rings (SSSR count). The molecular weight excluding hydrogens is 281 g/mol. The van der Waals surface area contributed by atoms with Crippen molar-refractivity contribution in [2.75, 3.05) is 26.8 Å². The number of halogens is 3. The summed E-state index contributed by atoms with van der Waals surface area (Å²) in [6.45, 7) is -0.916. The van der Waals surface area contributed by atoms with E-state index in [-0.39, 0.29) is 19.7 Å². The SMILES string of the molecule is COCCNC(=O)N(Cc1ccsc1)CC(F)(F)F. The van der Waals surface area contributed by atoms with E-state index in [1.54, 1.807) is 16.8 Å². The van der Waals surface area contributed by atoms with Crippen LogP contribution in [0.2, 0.25) is 0 Å². The number of thiophene rings is 1. The van der Waals surface area contributed by atoms with Crippen LogP contribution in [0.3, 0.4) is 0 Å². The lowest BCUT2D eigenvalue weighted by Crippen LogP contribution is -2.45. The van der Waals surface area contributed by atoms with E-state index in [2.05, 4.69) is 5.32 Å². The lowest BCUT2D eigenvalue weighted by molar-refractivity contribution is -0.140. The van der Waals surface area contributed by atoms with Crippen LogP contribution in [-0.4, -0.2) is 43.9 Å². The van der Waals surface area contributed by atoms with Crippen LogP contribution in [0, 0.1) is 0 Å². The fourth-order valence-electron chi connectivity index (χ4n) is 1.39. The molecule has 0 aliphatic rings. The second-order valence-electron chi connectivity index (χ2n) is 3.83. The Labute approximate surface area is 113 Å². The lowest BCUT2D eigenvalue weighted by atomic mass is 10.3. The maximum absolute atomic E-state index is 12.4. The highest BCUT2D eigenvalue weighted by Crippen LogP contribution is 2.19. The maximum Gasteiger partial charge on any atom is 0.406 e. The quantitative estimate of drug-likeness (QED) is 0.819. The van der Waals surface area contributed by atoms with Crippen molar-refractivity contribution in [3.05, 3.63) is 22.4 Å². The summed E-state index contributed by atoms with van der Waals surface area (Å²) in [5.41, 5.74) is 0.677. The van der Waals surface area contributed by atoms with E-state index >= 15 is 0 Å². The van der Waals surface area contributed by atoms with Gasteiger partial charge in [-0.15, -0.1) is 0 Å². The second kappa shape index (κ2) is 7.34. The number of carbonyl (C=O) groups excluding carboxylic acids is 1. The number of nitrogens with one attached hydrogen (secondary N) is 1. The molecule has 0 aliphatic carbocycles. The van der Waals surface area contributed by atoms with Gasteiger partial charge in [-0.3, -0.25) is 0 Å². The molecule has 1 aromatic rings. The number of hydrogen-bond acceptors (Lipinski definition) is 3. The van der Waals surface area contributed by atoms with Crippen LogP contribution in [0.25, 0.3) is 0 Å². The molecule has 0 saturated carbocycles. The zero-order chi connectivity index (χ0) is 14.3. The zero-order valence-corrected chi connectivity index (χ0v) is 11.2. The first-order valence-corrected chi connectivity index (χ1v) is 6.46. The number of ether oxygens (including phenoxy) is 1. The predicted molar refractivity (Wildman–Crippen MR) is 66.1 cm³/mol. The first-order chi connectivity index (χ1) is 8.92. The number of nitrogens with zero attached hydrogens (tertiary/aromatic N) is 1. The van der Waals surface area contributed by atoms with Gasteiger partial charge in [-0.05, 0) is 22.4 Å². The van der Waals surface area contributed by atoms with Crippen LogP contribution in [0.15, 0.2) is 16.8 Å². The molecule has 0 spiro atoms. The van der Waals surface area contributed by atoms with Crippen LogP contribution < -0.4 is 5.32 Å². The van der Waals surface area contributed by atoms with Crippen LogP contribution in [0.1, 0.15) is 5.56 Å². The minimum atomic E-state index is -4.42. The third-order valence-corrected chi connectivity index (χ3v) is 2.93. The molecule has 1 heterocycles.